The second-order valence-corrected chi connectivity index (χ2v) is 21.8. The predicted molar refractivity (Wildman–Crippen MR) is 310 cm³/mol. The standard InChI is InChI=1S/C72H52N2/c1-71(2)60-31-13-11-27-54(60)59-44-52(36-39-61(59)71)73(65-34-18-29-53(45-19-7-5-8-20-45)67(65)46-21-9-6-10-22-46)51-26-16-25-49(42-51)47-23-15-24-48(41-47)50-35-37-56-57-30-17-32-62-68(57)69-63(72(62,3)4)40-38-58-55-28-12-14-33-64(55)74(70(58)69)66(56)43-50/h5-9,11-15,17-21,23-25,27-44H,10,22H2,1-4H3. The number of benzene rings is 9. The first-order chi connectivity index (χ1) is 36.2. The van der Waals surface area contributed by atoms with Crippen LogP contribution in [0.25, 0.3) is 99.8 Å². The first-order valence-corrected chi connectivity index (χ1v) is 26.2. The Morgan fingerprint density at radius 3 is 2.04 bits per heavy atom. The summed E-state index contributed by atoms with van der Waals surface area (Å²) >= 11 is 0. The Morgan fingerprint density at radius 1 is 0.473 bits per heavy atom. The van der Waals surface area contributed by atoms with E-state index in [-0.39, 0.29) is 10.8 Å². The molecule has 74 heavy (non-hydrogen) atoms. The minimum absolute atomic E-state index is 0.0961. The SMILES string of the molecule is CC1(C)c2ccccc2-c2cc(N(c3c#ccc(-c4cccc(-c5ccc6c(c5)-n5c7ccccc7c7ccc8c(c75)-c5c-6cccc5C8(C)C)c4)c3)c3cccc(-c4ccccc4)c3C3=CC=CCC3)ccc21. The highest BCUT2D eigenvalue weighted by Crippen LogP contribution is 2.59. The Labute approximate surface area is 433 Å². The van der Waals surface area contributed by atoms with Crippen molar-refractivity contribution in [2.24, 2.45) is 0 Å². The zero-order chi connectivity index (χ0) is 49.5. The van der Waals surface area contributed by atoms with Gasteiger partial charge < -0.3 is 9.47 Å². The largest absolute Gasteiger partial charge is 0.308 e. The molecule has 1 aromatic heterocycles. The third-order valence-electron chi connectivity index (χ3n) is 17.0. The monoisotopic (exact) mass is 944 g/mol. The van der Waals surface area contributed by atoms with E-state index in [0.717, 1.165) is 41.0 Å². The quantitative estimate of drug-likeness (QED) is 0.155. The maximum Gasteiger partial charge on any atom is 0.0979 e. The molecule has 1 aliphatic heterocycles. The van der Waals surface area contributed by atoms with Crippen LogP contribution in [0.1, 0.15) is 68.4 Å². The summed E-state index contributed by atoms with van der Waals surface area (Å²) in [6.45, 7) is 9.49. The summed E-state index contributed by atoms with van der Waals surface area (Å²) in [5, 5.41) is 2.59. The Balaban J connectivity index is 0.901. The zero-order valence-electron chi connectivity index (χ0n) is 42.1. The van der Waals surface area contributed by atoms with Crippen molar-refractivity contribution in [3.05, 3.63) is 258 Å². The van der Waals surface area contributed by atoms with Gasteiger partial charge in [0.1, 0.15) is 0 Å². The maximum absolute atomic E-state index is 3.67. The van der Waals surface area contributed by atoms with Crippen LogP contribution in [0.2, 0.25) is 0 Å². The molecule has 0 atom stereocenters. The van der Waals surface area contributed by atoms with Crippen molar-refractivity contribution in [2.45, 2.75) is 51.4 Å². The van der Waals surface area contributed by atoms with E-state index < -0.39 is 0 Å². The summed E-state index contributed by atoms with van der Waals surface area (Å²) in [5.74, 6) is 0. The summed E-state index contributed by atoms with van der Waals surface area (Å²) in [6, 6.07) is 82.2. The molecule has 0 fully saturated rings. The Kier molecular flexibility index (Phi) is 9.13. The minimum atomic E-state index is -0.107. The van der Waals surface area contributed by atoms with Gasteiger partial charge in [0.15, 0.2) is 0 Å². The normalized spacial score (nSPS) is 14.8. The molecule has 0 amide bonds. The van der Waals surface area contributed by atoms with Crippen LogP contribution in [0.3, 0.4) is 0 Å². The van der Waals surface area contributed by atoms with Crippen molar-refractivity contribution >= 4 is 44.4 Å². The lowest BCUT2D eigenvalue weighted by atomic mass is 9.81. The molecule has 0 unspecified atom stereocenters. The molecular weight excluding hydrogens is 893 g/mol. The molecule has 0 saturated carbocycles. The van der Waals surface area contributed by atoms with Crippen molar-refractivity contribution < 1.29 is 0 Å². The molecule has 2 heterocycles. The van der Waals surface area contributed by atoms with Crippen LogP contribution in [0, 0.1) is 12.1 Å². The van der Waals surface area contributed by atoms with Crippen LogP contribution in [0.15, 0.2) is 218 Å². The molecule has 15 rings (SSSR count). The number of para-hydroxylation sites is 1. The van der Waals surface area contributed by atoms with E-state index in [2.05, 4.69) is 268 Å². The lowest BCUT2D eigenvalue weighted by molar-refractivity contribution is 0.660. The van der Waals surface area contributed by atoms with Crippen molar-refractivity contribution in [2.75, 3.05) is 4.90 Å². The zero-order valence-corrected chi connectivity index (χ0v) is 42.1. The first-order valence-electron chi connectivity index (χ1n) is 26.2. The number of anilines is 3. The fraction of sp³-hybridized carbons (Fsp3) is 0.111. The summed E-state index contributed by atoms with van der Waals surface area (Å²) in [7, 11) is 0. The molecule has 11 aromatic rings. The number of hydrogen-bond donors (Lipinski definition) is 0. The maximum atomic E-state index is 3.67. The molecule has 2 nitrogen and oxygen atoms in total. The van der Waals surface area contributed by atoms with Gasteiger partial charge in [-0.3, -0.25) is 0 Å². The molecular formula is C72H52N2. The fourth-order valence-corrected chi connectivity index (χ4v) is 13.5. The summed E-state index contributed by atoms with van der Waals surface area (Å²) < 4.78 is 2.57. The fourth-order valence-electron chi connectivity index (χ4n) is 13.5. The van der Waals surface area contributed by atoms with Crippen LogP contribution >= 0.6 is 0 Å². The minimum Gasteiger partial charge on any atom is -0.308 e. The number of fused-ring (bicyclic) bond motifs is 9. The second-order valence-electron chi connectivity index (χ2n) is 21.8. The smallest absolute Gasteiger partial charge is 0.0979 e. The van der Waals surface area contributed by atoms with Crippen LogP contribution in [-0.2, 0) is 10.8 Å². The highest BCUT2D eigenvalue weighted by Gasteiger charge is 2.41. The van der Waals surface area contributed by atoms with Gasteiger partial charge in [0.05, 0.1) is 28.1 Å². The summed E-state index contributed by atoms with van der Waals surface area (Å²) in [4.78, 5) is 2.44. The van der Waals surface area contributed by atoms with E-state index in [0.29, 0.717) is 0 Å². The average Bonchev–Trinajstić information content (AvgIpc) is 4.06. The van der Waals surface area contributed by atoms with Gasteiger partial charge in [0.2, 0.25) is 0 Å². The number of rotatable bonds is 7. The first kappa shape index (κ1) is 42.8. The Hall–Kier alpha value is -8.90. The highest BCUT2D eigenvalue weighted by molar-refractivity contribution is 6.19. The highest BCUT2D eigenvalue weighted by atomic mass is 15.1. The van der Waals surface area contributed by atoms with Gasteiger partial charge in [-0.1, -0.05) is 204 Å². The van der Waals surface area contributed by atoms with E-state index >= 15 is 0 Å². The molecule has 0 bridgehead atoms. The van der Waals surface area contributed by atoms with E-state index in [1.54, 1.807) is 0 Å². The van der Waals surface area contributed by atoms with E-state index in [9.17, 15) is 0 Å². The lowest BCUT2D eigenvalue weighted by Gasteiger charge is -2.30. The van der Waals surface area contributed by atoms with Gasteiger partial charge in [-0.25, -0.2) is 0 Å². The van der Waals surface area contributed by atoms with Crippen LogP contribution in [0.4, 0.5) is 17.1 Å². The van der Waals surface area contributed by atoms with Gasteiger partial charge in [0.25, 0.3) is 0 Å². The van der Waals surface area contributed by atoms with Crippen LogP contribution in [0.5, 0.6) is 0 Å². The molecule has 0 radical (unpaired) electrons. The number of allylic oxidation sites excluding steroid dienone is 4. The Morgan fingerprint density at radius 2 is 1.16 bits per heavy atom. The van der Waals surface area contributed by atoms with E-state index in [1.807, 2.05) is 0 Å². The molecule has 10 aromatic carbocycles. The topological polar surface area (TPSA) is 8.17 Å². The number of aromatic nitrogens is 1. The van der Waals surface area contributed by atoms with Crippen LogP contribution < -0.4 is 4.90 Å². The molecule has 350 valence electrons. The average molecular weight is 945 g/mol. The van der Waals surface area contributed by atoms with E-state index in [1.165, 1.54) is 117 Å². The third-order valence-corrected chi connectivity index (χ3v) is 17.0. The summed E-state index contributed by atoms with van der Waals surface area (Å²) in [6.07, 6.45) is 8.78. The van der Waals surface area contributed by atoms with Crippen molar-refractivity contribution in [3.63, 3.8) is 0 Å². The lowest BCUT2D eigenvalue weighted by Crippen LogP contribution is -2.16. The molecule has 3 aliphatic carbocycles. The van der Waals surface area contributed by atoms with Crippen molar-refractivity contribution in [1.82, 2.24) is 4.57 Å². The van der Waals surface area contributed by atoms with Crippen molar-refractivity contribution in [1.29, 1.82) is 0 Å². The number of hydrogen-bond acceptors (Lipinski definition) is 1. The van der Waals surface area contributed by atoms with Gasteiger partial charge in [-0.05, 0) is 151 Å². The predicted octanol–water partition coefficient (Wildman–Crippen LogP) is 19.2. The summed E-state index contributed by atoms with van der Waals surface area (Å²) in [5.41, 5.74) is 29.7. The molecule has 2 heteroatoms. The van der Waals surface area contributed by atoms with E-state index in [4.69, 9.17) is 0 Å². The van der Waals surface area contributed by atoms with Crippen LogP contribution in [-0.4, -0.2) is 4.57 Å². The van der Waals surface area contributed by atoms with Gasteiger partial charge in [-0.2, -0.15) is 0 Å². The second kappa shape index (κ2) is 15.8. The number of nitrogens with zero attached hydrogens (tertiary/aromatic N) is 2. The molecule has 0 saturated heterocycles. The molecule has 0 N–H and O–H groups in total. The molecule has 0 spiro atoms. The van der Waals surface area contributed by atoms with Gasteiger partial charge >= 0.3 is 0 Å². The van der Waals surface area contributed by atoms with Crippen molar-refractivity contribution in [3.8, 4) is 72.4 Å². The third kappa shape index (κ3) is 6.08. The Bertz CT molecular complexity index is 4250. The van der Waals surface area contributed by atoms with Gasteiger partial charge in [-0.15, -0.1) is 0 Å². The van der Waals surface area contributed by atoms with Gasteiger partial charge in [0, 0.05) is 44.0 Å². The molecule has 4 aliphatic rings.